The molecule has 1 aliphatic rings. The first kappa shape index (κ1) is 22.6. The Hall–Kier alpha value is -2.57. The van der Waals surface area contributed by atoms with E-state index < -0.39 is 9.84 Å². The van der Waals surface area contributed by atoms with E-state index in [1.54, 1.807) is 17.0 Å². The molecule has 1 heterocycles. The van der Waals surface area contributed by atoms with Crippen LogP contribution in [-0.2, 0) is 21.2 Å². The number of nitrogens with zero attached hydrogens (tertiary/aromatic N) is 1. The van der Waals surface area contributed by atoms with Crippen LogP contribution in [-0.4, -0.2) is 43.4 Å². The Labute approximate surface area is 193 Å². The summed E-state index contributed by atoms with van der Waals surface area (Å²) in [5, 5.41) is 2.82. The molecule has 1 fully saturated rings. The highest BCUT2D eigenvalue weighted by Crippen LogP contribution is 2.27. The quantitative estimate of drug-likeness (QED) is 0.522. The van der Waals surface area contributed by atoms with Crippen molar-refractivity contribution >= 4 is 38.1 Å². The largest absolute Gasteiger partial charge is 0.484 e. The number of sulfone groups is 1. The van der Waals surface area contributed by atoms with Crippen LogP contribution in [0.1, 0.15) is 23.1 Å². The summed E-state index contributed by atoms with van der Waals surface area (Å²) in [7, 11) is -3.14. The first-order valence-electron chi connectivity index (χ1n) is 10.6. The molecule has 0 unspecified atom stereocenters. The van der Waals surface area contributed by atoms with E-state index in [0.29, 0.717) is 23.7 Å². The molecule has 0 saturated carbocycles. The van der Waals surface area contributed by atoms with Gasteiger partial charge in [-0.2, -0.15) is 0 Å². The minimum Gasteiger partial charge on any atom is -0.484 e. The van der Waals surface area contributed by atoms with Gasteiger partial charge in [-0.05, 0) is 59.9 Å². The molecule has 0 aromatic heterocycles. The van der Waals surface area contributed by atoms with Crippen LogP contribution in [0.4, 0.5) is 0 Å². The van der Waals surface area contributed by atoms with Gasteiger partial charge in [-0.3, -0.25) is 4.79 Å². The maximum absolute atomic E-state index is 13.3. The van der Waals surface area contributed by atoms with Crippen LogP contribution in [0.3, 0.4) is 0 Å². The lowest BCUT2D eigenvalue weighted by Gasteiger charge is -2.29. The van der Waals surface area contributed by atoms with Gasteiger partial charge in [-0.25, -0.2) is 8.42 Å². The number of carbonyl (C=O) groups is 1. The highest BCUT2D eigenvalue weighted by molar-refractivity contribution is 7.91. The van der Waals surface area contributed by atoms with Crippen LogP contribution in [0.2, 0.25) is 5.02 Å². The van der Waals surface area contributed by atoms with E-state index >= 15 is 0 Å². The monoisotopic (exact) mass is 471 g/mol. The Bertz CT molecular complexity index is 1240. The minimum atomic E-state index is -3.14. The Morgan fingerprint density at radius 2 is 1.78 bits per heavy atom. The zero-order valence-electron chi connectivity index (χ0n) is 18.2. The Balaban J connectivity index is 1.58. The minimum absolute atomic E-state index is 0.0112. The topological polar surface area (TPSA) is 63.7 Å². The zero-order valence-corrected chi connectivity index (χ0v) is 19.7. The summed E-state index contributed by atoms with van der Waals surface area (Å²) in [6.07, 6.45) is 0.442. The van der Waals surface area contributed by atoms with Crippen LogP contribution in [0, 0.1) is 13.8 Å². The number of benzene rings is 3. The van der Waals surface area contributed by atoms with Crippen molar-refractivity contribution in [2.24, 2.45) is 0 Å². The van der Waals surface area contributed by atoms with Crippen molar-refractivity contribution < 1.29 is 17.9 Å². The molecule has 32 heavy (non-hydrogen) atoms. The molecule has 0 bridgehead atoms. The SMILES string of the molecule is Cc1cc(OCC(=O)N(Cc2cccc3ccccc23)[C@@H]2CCS(=O)(=O)C2)cc(C)c1Cl. The second kappa shape index (κ2) is 9.12. The standard InChI is InChI=1S/C25H26ClNO4S/c1-17-12-22(13-18(2)25(17)26)31-15-24(28)27(21-10-11-32(29,30)16-21)14-20-8-5-7-19-6-3-4-9-23(19)20/h3-9,12-13,21H,10-11,14-16H2,1-2H3/t21-/m1/s1. The van der Waals surface area contributed by atoms with E-state index in [9.17, 15) is 13.2 Å². The second-order valence-corrected chi connectivity index (χ2v) is 11.0. The normalized spacial score (nSPS) is 17.4. The van der Waals surface area contributed by atoms with E-state index in [4.69, 9.17) is 16.3 Å². The predicted molar refractivity (Wildman–Crippen MR) is 128 cm³/mol. The van der Waals surface area contributed by atoms with E-state index in [1.807, 2.05) is 56.3 Å². The average Bonchev–Trinajstić information content (AvgIpc) is 3.13. The van der Waals surface area contributed by atoms with Gasteiger partial charge >= 0.3 is 0 Å². The number of hydrogen-bond acceptors (Lipinski definition) is 4. The first-order chi connectivity index (χ1) is 15.2. The predicted octanol–water partition coefficient (Wildman–Crippen LogP) is 4.70. The number of hydrogen-bond donors (Lipinski definition) is 0. The van der Waals surface area contributed by atoms with Crippen molar-refractivity contribution in [2.75, 3.05) is 18.1 Å². The molecular formula is C25H26ClNO4S. The summed E-state index contributed by atoms with van der Waals surface area (Å²) in [5.74, 6) is 0.433. The maximum Gasteiger partial charge on any atom is 0.261 e. The van der Waals surface area contributed by atoms with Crippen LogP contribution in [0.5, 0.6) is 5.75 Å². The van der Waals surface area contributed by atoms with Crippen molar-refractivity contribution in [1.29, 1.82) is 0 Å². The lowest BCUT2D eigenvalue weighted by atomic mass is 10.0. The van der Waals surface area contributed by atoms with Crippen molar-refractivity contribution in [2.45, 2.75) is 32.9 Å². The fourth-order valence-electron chi connectivity index (χ4n) is 4.27. The van der Waals surface area contributed by atoms with Gasteiger partial charge in [0.05, 0.1) is 11.5 Å². The van der Waals surface area contributed by atoms with E-state index in [1.165, 1.54) is 0 Å². The van der Waals surface area contributed by atoms with Gasteiger partial charge in [0.15, 0.2) is 16.4 Å². The number of aryl methyl sites for hydroxylation is 2. The molecule has 1 atom stereocenters. The summed E-state index contributed by atoms with van der Waals surface area (Å²) < 4.78 is 30.1. The smallest absolute Gasteiger partial charge is 0.261 e. The first-order valence-corrected chi connectivity index (χ1v) is 12.8. The van der Waals surface area contributed by atoms with Gasteiger partial charge in [-0.15, -0.1) is 0 Å². The fraction of sp³-hybridized carbons (Fsp3) is 0.320. The third-order valence-electron chi connectivity index (χ3n) is 5.96. The molecular weight excluding hydrogens is 446 g/mol. The highest BCUT2D eigenvalue weighted by Gasteiger charge is 2.35. The molecule has 1 amide bonds. The van der Waals surface area contributed by atoms with Crippen LogP contribution < -0.4 is 4.74 Å². The molecule has 1 aliphatic heterocycles. The van der Waals surface area contributed by atoms with Gasteiger partial charge in [0.25, 0.3) is 5.91 Å². The number of carbonyl (C=O) groups excluding carboxylic acids is 1. The zero-order chi connectivity index (χ0) is 22.9. The van der Waals surface area contributed by atoms with Crippen molar-refractivity contribution in [1.82, 2.24) is 4.90 Å². The number of amides is 1. The number of halogens is 1. The Kier molecular flexibility index (Phi) is 6.45. The molecule has 0 aliphatic carbocycles. The number of ether oxygens (including phenoxy) is 1. The van der Waals surface area contributed by atoms with Crippen LogP contribution >= 0.6 is 11.6 Å². The van der Waals surface area contributed by atoms with Crippen molar-refractivity contribution in [3.63, 3.8) is 0 Å². The molecule has 7 heteroatoms. The van der Waals surface area contributed by atoms with Gasteiger partial charge in [0.1, 0.15) is 5.75 Å². The summed E-state index contributed by atoms with van der Waals surface area (Å²) >= 11 is 6.23. The lowest BCUT2D eigenvalue weighted by molar-refractivity contribution is -0.136. The Morgan fingerprint density at radius 3 is 2.47 bits per heavy atom. The van der Waals surface area contributed by atoms with Gasteiger partial charge < -0.3 is 9.64 Å². The van der Waals surface area contributed by atoms with E-state index in [2.05, 4.69) is 0 Å². The number of fused-ring (bicyclic) bond motifs is 1. The molecule has 0 radical (unpaired) electrons. The molecule has 5 nitrogen and oxygen atoms in total. The third kappa shape index (κ3) is 4.92. The molecule has 3 aromatic carbocycles. The van der Waals surface area contributed by atoms with Gasteiger partial charge in [0, 0.05) is 17.6 Å². The van der Waals surface area contributed by atoms with Crippen molar-refractivity contribution in [3.05, 3.63) is 76.3 Å². The summed E-state index contributed by atoms with van der Waals surface area (Å²) in [6.45, 7) is 3.95. The van der Waals surface area contributed by atoms with E-state index in [0.717, 1.165) is 27.5 Å². The van der Waals surface area contributed by atoms with Crippen molar-refractivity contribution in [3.8, 4) is 5.75 Å². The van der Waals surface area contributed by atoms with Crippen LogP contribution in [0.15, 0.2) is 54.6 Å². The summed E-state index contributed by atoms with van der Waals surface area (Å²) in [5.41, 5.74) is 2.74. The molecule has 0 N–H and O–H groups in total. The average molecular weight is 472 g/mol. The molecule has 3 aromatic rings. The molecule has 168 valence electrons. The molecule has 1 saturated heterocycles. The van der Waals surface area contributed by atoms with Gasteiger partial charge in [0.2, 0.25) is 0 Å². The lowest BCUT2D eigenvalue weighted by Crippen LogP contribution is -2.43. The maximum atomic E-state index is 13.3. The van der Waals surface area contributed by atoms with Gasteiger partial charge in [-0.1, -0.05) is 54.1 Å². The highest BCUT2D eigenvalue weighted by atomic mass is 35.5. The molecule has 0 spiro atoms. The Morgan fingerprint density at radius 1 is 1.09 bits per heavy atom. The fourth-order valence-corrected chi connectivity index (χ4v) is 6.11. The summed E-state index contributed by atoms with van der Waals surface area (Å²) in [6, 6.07) is 17.2. The molecule has 4 rings (SSSR count). The number of rotatable bonds is 6. The van der Waals surface area contributed by atoms with Crippen LogP contribution in [0.25, 0.3) is 10.8 Å². The summed E-state index contributed by atoms with van der Waals surface area (Å²) in [4.78, 5) is 14.9. The van der Waals surface area contributed by atoms with E-state index in [-0.39, 0.29) is 30.1 Å². The second-order valence-electron chi connectivity index (χ2n) is 8.38. The third-order valence-corrected chi connectivity index (χ3v) is 8.31.